The van der Waals surface area contributed by atoms with Crippen LogP contribution in [0.4, 0.5) is 11.8 Å². The highest BCUT2D eigenvalue weighted by Gasteiger charge is 2.06. The van der Waals surface area contributed by atoms with Crippen molar-refractivity contribution in [3.63, 3.8) is 0 Å². The van der Waals surface area contributed by atoms with Gasteiger partial charge in [0.1, 0.15) is 5.82 Å². The van der Waals surface area contributed by atoms with Gasteiger partial charge in [0.15, 0.2) is 0 Å². The summed E-state index contributed by atoms with van der Waals surface area (Å²) in [7, 11) is 0. The second-order valence-electron chi connectivity index (χ2n) is 4.09. The fourth-order valence-electron chi connectivity index (χ4n) is 1.75. The number of primary amides is 1. The number of para-hydroxylation sites is 1. The molecule has 0 aliphatic rings. The van der Waals surface area contributed by atoms with Crippen LogP contribution in [0.15, 0.2) is 24.3 Å². The minimum Gasteiger partial charge on any atom is -0.370 e. The van der Waals surface area contributed by atoms with Gasteiger partial charge in [-0.15, -0.1) is 0 Å². The van der Waals surface area contributed by atoms with E-state index in [9.17, 15) is 4.79 Å². The molecule has 0 aliphatic carbocycles. The van der Waals surface area contributed by atoms with Crippen molar-refractivity contribution in [3.05, 3.63) is 24.3 Å². The number of benzene rings is 1. The number of hydrogen-bond donors (Lipinski definition) is 3. The lowest BCUT2D eigenvalue weighted by atomic mass is 10.2. The molecule has 0 radical (unpaired) electrons. The Morgan fingerprint density at radius 1 is 1.26 bits per heavy atom. The van der Waals surface area contributed by atoms with Gasteiger partial charge in [0.2, 0.25) is 11.9 Å². The van der Waals surface area contributed by atoms with Gasteiger partial charge in [-0.1, -0.05) is 12.1 Å². The molecule has 0 spiro atoms. The number of hydrogen-bond acceptors (Lipinski definition) is 5. The van der Waals surface area contributed by atoms with Gasteiger partial charge < -0.3 is 16.4 Å². The van der Waals surface area contributed by atoms with Crippen molar-refractivity contribution in [2.24, 2.45) is 5.73 Å². The maximum atomic E-state index is 10.8. The van der Waals surface area contributed by atoms with Crippen molar-refractivity contribution in [1.29, 1.82) is 0 Å². The largest absolute Gasteiger partial charge is 0.370 e. The Hall–Kier alpha value is -2.37. The predicted octanol–water partition coefficient (Wildman–Crippen LogP) is 1.35. The van der Waals surface area contributed by atoms with Gasteiger partial charge in [-0.25, -0.2) is 4.98 Å². The molecule has 0 unspecified atom stereocenters. The summed E-state index contributed by atoms with van der Waals surface area (Å²) in [5.41, 5.74) is 5.98. The average molecular weight is 259 g/mol. The maximum Gasteiger partial charge on any atom is 0.225 e. The van der Waals surface area contributed by atoms with Crippen LogP contribution in [0.25, 0.3) is 10.9 Å². The Bertz CT molecular complexity index is 584. The third-order valence-electron chi connectivity index (χ3n) is 2.60. The van der Waals surface area contributed by atoms with E-state index in [2.05, 4.69) is 20.6 Å². The third-order valence-corrected chi connectivity index (χ3v) is 2.60. The molecule has 6 heteroatoms. The number of anilines is 2. The van der Waals surface area contributed by atoms with Gasteiger partial charge in [-0.2, -0.15) is 4.98 Å². The molecule has 0 bridgehead atoms. The van der Waals surface area contributed by atoms with E-state index in [4.69, 9.17) is 5.73 Å². The number of carbonyl (C=O) groups excluding carboxylic acids is 1. The van der Waals surface area contributed by atoms with Crippen LogP contribution in [0.3, 0.4) is 0 Å². The number of amides is 1. The second kappa shape index (κ2) is 5.99. The number of rotatable bonds is 6. The lowest BCUT2D eigenvalue weighted by Crippen LogP contribution is -2.16. The molecule has 0 atom stereocenters. The zero-order valence-corrected chi connectivity index (χ0v) is 10.8. The van der Waals surface area contributed by atoms with Gasteiger partial charge in [-0.05, 0) is 19.1 Å². The van der Waals surface area contributed by atoms with Gasteiger partial charge in [-0.3, -0.25) is 4.79 Å². The van der Waals surface area contributed by atoms with Crippen molar-refractivity contribution in [1.82, 2.24) is 9.97 Å². The van der Waals surface area contributed by atoms with E-state index in [1.54, 1.807) is 0 Å². The van der Waals surface area contributed by atoms with E-state index in [-0.39, 0.29) is 12.3 Å². The fourth-order valence-corrected chi connectivity index (χ4v) is 1.75. The lowest BCUT2D eigenvalue weighted by molar-refractivity contribution is -0.117. The van der Waals surface area contributed by atoms with Crippen LogP contribution in [0.5, 0.6) is 0 Å². The van der Waals surface area contributed by atoms with Crippen molar-refractivity contribution in [2.75, 3.05) is 23.7 Å². The van der Waals surface area contributed by atoms with Gasteiger partial charge in [0, 0.05) is 24.9 Å². The summed E-state index contributed by atoms with van der Waals surface area (Å²) in [6, 6.07) is 7.73. The van der Waals surface area contributed by atoms with Gasteiger partial charge >= 0.3 is 0 Å². The Kier molecular flexibility index (Phi) is 4.12. The summed E-state index contributed by atoms with van der Waals surface area (Å²) in [5.74, 6) is 0.948. The molecular formula is C13H17N5O. The first-order valence-electron chi connectivity index (χ1n) is 6.23. The molecule has 0 saturated carbocycles. The fraction of sp³-hybridized carbons (Fsp3) is 0.308. The van der Waals surface area contributed by atoms with E-state index in [1.807, 2.05) is 31.2 Å². The molecule has 0 fully saturated rings. The number of nitrogens with one attached hydrogen (secondary N) is 2. The van der Waals surface area contributed by atoms with Crippen LogP contribution in [0, 0.1) is 0 Å². The van der Waals surface area contributed by atoms with E-state index in [1.165, 1.54) is 0 Å². The molecule has 4 N–H and O–H groups in total. The summed E-state index contributed by atoms with van der Waals surface area (Å²) in [6.45, 7) is 3.19. The first-order chi connectivity index (χ1) is 9.20. The lowest BCUT2D eigenvalue weighted by Gasteiger charge is -2.10. The van der Waals surface area contributed by atoms with Crippen molar-refractivity contribution < 1.29 is 4.79 Å². The Morgan fingerprint density at radius 3 is 2.79 bits per heavy atom. The highest BCUT2D eigenvalue weighted by Crippen LogP contribution is 2.21. The summed E-state index contributed by atoms with van der Waals surface area (Å²) < 4.78 is 0. The first-order valence-corrected chi connectivity index (χ1v) is 6.23. The molecule has 19 heavy (non-hydrogen) atoms. The molecule has 0 saturated heterocycles. The standard InChI is InChI=1S/C13H17N5O/c1-2-15-13-17-10-6-4-3-5-9(10)12(18-13)16-8-7-11(14)19/h3-6H,2,7-8H2,1H3,(H2,14,19)(H2,15,16,17,18). The van der Waals surface area contributed by atoms with Crippen LogP contribution < -0.4 is 16.4 Å². The monoisotopic (exact) mass is 259 g/mol. The summed E-state index contributed by atoms with van der Waals surface area (Å²) in [6.07, 6.45) is 0.273. The Labute approximate surface area is 111 Å². The molecule has 1 heterocycles. The number of fused-ring (bicyclic) bond motifs is 1. The molecule has 6 nitrogen and oxygen atoms in total. The molecule has 0 aliphatic heterocycles. The maximum absolute atomic E-state index is 10.8. The molecular weight excluding hydrogens is 242 g/mol. The minimum atomic E-state index is -0.335. The SMILES string of the molecule is CCNc1nc(NCCC(N)=O)c2ccccc2n1. The molecule has 1 aromatic heterocycles. The molecule has 100 valence electrons. The van der Waals surface area contributed by atoms with E-state index < -0.39 is 0 Å². The normalized spacial score (nSPS) is 10.4. The third kappa shape index (κ3) is 3.31. The summed E-state index contributed by atoms with van der Waals surface area (Å²) in [5, 5.41) is 7.14. The zero-order valence-electron chi connectivity index (χ0n) is 10.8. The topological polar surface area (TPSA) is 92.9 Å². The first kappa shape index (κ1) is 13.1. The molecule has 1 amide bonds. The number of aromatic nitrogens is 2. The second-order valence-corrected chi connectivity index (χ2v) is 4.09. The smallest absolute Gasteiger partial charge is 0.225 e. The van der Waals surface area contributed by atoms with Crippen LogP contribution in [-0.4, -0.2) is 29.0 Å². The average Bonchev–Trinajstić information content (AvgIpc) is 2.38. The molecule has 2 rings (SSSR count). The van der Waals surface area contributed by atoms with Crippen LogP contribution in [0.1, 0.15) is 13.3 Å². The van der Waals surface area contributed by atoms with E-state index >= 15 is 0 Å². The number of carbonyl (C=O) groups is 1. The Morgan fingerprint density at radius 2 is 2.05 bits per heavy atom. The van der Waals surface area contributed by atoms with Crippen LogP contribution >= 0.6 is 0 Å². The number of nitrogens with zero attached hydrogens (tertiary/aromatic N) is 2. The minimum absolute atomic E-state index is 0.273. The highest BCUT2D eigenvalue weighted by molar-refractivity contribution is 5.90. The van der Waals surface area contributed by atoms with Gasteiger partial charge in [0.25, 0.3) is 0 Å². The van der Waals surface area contributed by atoms with Crippen molar-refractivity contribution in [2.45, 2.75) is 13.3 Å². The highest BCUT2D eigenvalue weighted by atomic mass is 16.1. The zero-order chi connectivity index (χ0) is 13.7. The van der Waals surface area contributed by atoms with Crippen LogP contribution in [0.2, 0.25) is 0 Å². The summed E-state index contributed by atoms with van der Waals surface area (Å²) in [4.78, 5) is 19.6. The Balaban J connectivity index is 2.30. The van der Waals surface area contributed by atoms with Gasteiger partial charge in [0.05, 0.1) is 5.52 Å². The van der Waals surface area contributed by atoms with Crippen molar-refractivity contribution in [3.8, 4) is 0 Å². The predicted molar refractivity (Wildman–Crippen MR) is 76.0 cm³/mol. The molecule has 1 aromatic carbocycles. The van der Waals surface area contributed by atoms with E-state index in [0.717, 1.165) is 17.4 Å². The summed E-state index contributed by atoms with van der Waals surface area (Å²) >= 11 is 0. The quantitative estimate of drug-likeness (QED) is 0.728. The molecule has 2 aromatic rings. The van der Waals surface area contributed by atoms with Crippen molar-refractivity contribution >= 4 is 28.6 Å². The number of nitrogens with two attached hydrogens (primary N) is 1. The van der Waals surface area contributed by atoms with E-state index in [0.29, 0.717) is 18.3 Å². The van der Waals surface area contributed by atoms with Crippen LogP contribution in [-0.2, 0) is 4.79 Å².